The van der Waals surface area contributed by atoms with E-state index in [1.165, 1.54) is 68.7 Å². The molecule has 0 aliphatic rings. The van der Waals surface area contributed by atoms with Crippen LogP contribution in [-0.2, 0) is 26.2 Å². The fraction of sp³-hybridized carbons (Fsp3) is 0.375. The zero-order valence-electron chi connectivity index (χ0n) is 26.5. The van der Waals surface area contributed by atoms with Gasteiger partial charge in [-0.1, -0.05) is 54.7 Å². The van der Waals surface area contributed by atoms with Gasteiger partial charge in [0.15, 0.2) is 11.5 Å². The molecule has 0 radical (unpaired) electrons. The standard InChI is InChI=1S/C32H38Cl3N3O7S/c1-7-20(3)36-32(40)26(8-2)37(18-21-9-10-22(33)15-25(21)35)31(39)19-38(27-16-23(34)11-13-28(27)43-4)46(41,42)24-12-14-29(44-5)30(17-24)45-6/h9-17,20,26H,7-8,18-19H2,1-6H3,(H,36,40)/t20-,26-/m1/s1. The maximum atomic E-state index is 14.4. The Morgan fingerprint density at radius 2 is 1.43 bits per heavy atom. The number of hydrogen-bond acceptors (Lipinski definition) is 7. The number of hydrogen-bond donors (Lipinski definition) is 1. The fourth-order valence-electron chi connectivity index (χ4n) is 4.67. The van der Waals surface area contributed by atoms with Crippen LogP contribution in [0.15, 0.2) is 59.5 Å². The van der Waals surface area contributed by atoms with Gasteiger partial charge in [0.2, 0.25) is 11.8 Å². The van der Waals surface area contributed by atoms with E-state index < -0.39 is 28.5 Å². The number of carbonyl (C=O) groups excluding carboxylic acids is 2. The van der Waals surface area contributed by atoms with Crippen LogP contribution >= 0.6 is 34.8 Å². The van der Waals surface area contributed by atoms with Crippen LogP contribution in [0.4, 0.5) is 5.69 Å². The lowest BCUT2D eigenvalue weighted by Gasteiger charge is -2.34. The molecule has 0 bridgehead atoms. The highest BCUT2D eigenvalue weighted by Gasteiger charge is 2.35. The van der Waals surface area contributed by atoms with Crippen molar-refractivity contribution in [2.24, 2.45) is 0 Å². The van der Waals surface area contributed by atoms with Crippen molar-refractivity contribution >= 4 is 62.3 Å². The Morgan fingerprint density at radius 3 is 2.02 bits per heavy atom. The van der Waals surface area contributed by atoms with E-state index in [4.69, 9.17) is 49.0 Å². The molecule has 1 N–H and O–H groups in total. The number of carbonyl (C=O) groups is 2. The lowest BCUT2D eigenvalue weighted by atomic mass is 10.1. The van der Waals surface area contributed by atoms with Crippen LogP contribution in [-0.4, -0.2) is 65.1 Å². The first-order chi connectivity index (χ1) is 21.8. The van der Waals surface area contributed by atoms with Crippen LogP contribution in [0.5, 0.6) is 17.2 Å². The average molecular weight is 715 g/mol. The van der Waals surface area contributed by atoms with E-state index >= 15 is 0 Å². The molecule has 0 spiro atoms. The summed E-state index contributed by atoms with van der Waals surface area (Å²) in [6, 6.07) is 12.2. The molecule has 0 fully saturated rings. The van der Waals surface area contributed by atoms with Crippen LogP contribution in [0.1, 0.15) is 39.2 Å². The Balaban J connectivity index is 2.20. The number of amides is 2. The zero-order valence-corrected chi connectivity index (χ0v) is 29.6. The molecule has 3 aromatic rings. The summed E-state index contributed by atoms with van der Waals surface area (Å²) in [6.07, 6.45) is 0.910. The minimum atomic E-state index is -4.48. The summed E-state index contributed by atoms with van der Waals surface area (Å²) >= 11 is 18.9. The molecule has 2 amide bonds. The Kier molecular flexibility index (Phi) is 13.3. The molecule has 3 aromatic carbocycles. The van der Waals surface area contributed by atoms with Crippen molar-refractivity contribution in [1.29, 1.82) is 0 Å². The third-order valence-corrected chi connectivity index (χ3v) is 9.95. The van der Waals surface area contributed by atoms with Crippen LogP contribution in [0.3, 0.4) is 0 Å². The minimum absolute atomic E-state index is 0.0136. The van der Waals surface area contributed by atoms with Crippen LogP contribution in [0.2, 0.25) is 15.1 Å². The van der Waals surface area contributed by atoms with Gasteiger partial charge < -0.3 is 24.4 Å². The maximum absolute atomic E-state index is 14.4. The SMILES string of the molecule is CC[C@@H](C)NC(=O)[C@@H](CC)N(Cc1ccc(Cl)cc1Cl)C(=O)CN(c1cc(Cl)ccc1OC)S(=O)(=O)c1ccc(OC)c(OC)c1. The van der Waals surface area contributed by atoms with Gasteiger partial charge in [-0.25, -0.2) is 8.42 Å². The van der Waals surface area contributed by atoms with E-state index in [-0.39, 0.29) is 57.0 Å². The molecule has 0 aromatic heterocycles. The van der Waals surface area contributed by atoms with Crippen molar-refractivity contribution in [2.75, 3.05) is 32.2 Å². The number of rotatable bonds is 15. The summed E-state index contributed by atoms with van der Waals surface area (Å²) in [4.78, 5) is 29.1. The number of methoxy groups -OCH3 is 3. The highest BCUT2D eigenvalue weighted by Crippen LogP contribution is 2.37. The molecular formula is C32H38Cl3N3O7S. The van der Waals surface area contributed by atoms with Gasteiger partial charge in [0, 0.05) is 33.7 Å². The molecule has 2 atom stereocenters. The molecule has 250 valence electrons. The number of anilines is 1. The van der Waals surface area contributed by atoms with E-state index in [2.05, 4.69) is 5.32 Å². The summed E-state index contributed by atoms with van der Waals surface area (Å²) in [5, 5.41) is 3.82. The van der Waals surface area contributed by atoms with Crippen molar-refractivity contribution < 1.29 is 32.2 Å². The largest absolute Gasteiger partial charge is 0.495 e. The molecule has 0 aliphatic carbocycles. The summed E-state index contributed by atoms with van der Waals surface area (Å²) in [7, 11) is -0.305. The van der Waals surface area contributed by atoms with Crippen LogP contribution < -0.4 is 23.8 Å². The number of nitrogens with one attached hydrogen (secondary N) is 1. The van der Waals surface area contributed by atoms with Gasteiger partial charge >= 0.3 is 0 Å². The Labute approximate surface area is 285 Å². The van der Waals surface area contributed by atoms with Gasteiger partial charge in [-0.05, 0) is 67.8 Å². The van der Waals surface area contributed by atoms with Crippen molar-refractivity contribution in [3.05, 3.63) is 75.2 Å². The molecule has 3 rings (SSSR count). The quantitative estimate of drug-likeness (QED) is 0.189. The van der Waals surface area contributed by atoms with Crippen molar-refractivity contribution in [2.45, 2.75) is 57.1 Å². The minimum Gasteiger partial charge on any atom is -0.495 e. The number of nitrogens with zero attached hydrogens (tertiary/aromatic N) is 2. The van der Waals surface area contributed by atoms with Crippen LogP contribution in [0.25, 0.3) is 0 Å². The first kappa shape index (κ1) is 37.1. The van der Waals surface area contributed by atoms with Gasteiger partial charge in [-0.2, -0.15) is 0 Å². The summed E-state index contributed by atoms with van der Waals surface area (Å²) < 4.78 is 45.8. The lowest BCUT2D eigenvalue weighted by molar-refractivity contribution is -0.140. The molecule has 0 unspecified atom stereocenters. The fourth-order valence-corrected chi connectivity index (χ4v) is 6.74. The molecular weight excluding hydrogens is 677 g/mol. The number of sulfonamides is 1. The topological polar surface area (TPSA) is 114 Å². The normalized spacial score (nSPS) is 12.5. The Bertz CT molecular complexity index is 1660. The van der Waals surface area contributed by atoms with Crippen molar-refractivity contribution in [3.63, 3.8) is 0 Å². The number of halogens is 3. The molecule has 10 nitrogen and oxygen atoms in total. The third-order valence-electron chi connectivity index (χ3n) is 7.37. The van der Waals surface area contributed by atoms with E-state index in [9.17, 15) is 18.0 Å². The van der Waals surface area contributed by atoms with Crippen molar-refractivity contribution in [3.8, 4) is 17.2 Å². The van der Waals surface area contributed by atoms with Gasteiger partial charge in [0.25, 0.3) is 10.0 Å². The second kappa shape index (κ2) is 16.4. The monoisotopic (exact) mass is 713 g/mol. The van der Waals surface area contributed by atoms with E-state index in [0.717, 1.165) is 4.31 Å². The summed E-state index contributed by atoms with van der Waals surface area (Å²) in [6.45, 7) is 4.74. The number of benzene rings is 3. The van der Waals surface area contributed by atoms with E-state index in [1.54, 1.807) is 19.1 Å². The molecule has 0 saturated heterocycles. The predicted octanol–water partition coefficient (Wildman–Crippen LogP) is 6.59. The summed E-state index contributed by atoms with van der Waals surface area (Å²) in [5.41, 5.74) is 0.531. The second-order valence-electron chi connectivity index (χ2n) is 10.3. The zero-order chi connectivity index (χ0) is 34.2. The average Bonchev–Trinajstić information content (AvgIpc) is 3.03. The highest BCUT2D eigenvalue weighted by molar-refractivity contribution is 7.92. The smallest absolute Gasteiger partial charge is 0.265 e. The molecule has 14 heteroatoms. The second-order valence-corrected chi connectivity index (χ2v) is 13.5. The van der Waals surface area contributed by atoms with Crippen molar-refractivity contribution in [1.82, 2.24) is 10.2 Å². The lowest BCUT2D eigenvalue weighted by Crippen LogP contribution is -2.53. The molecule has 0 saturated carbocycles. The van der Waals surface area contributed by atoms with Gasteiger partial charge in [-0.3, -0.25) is 13.9 Å². The Morgan fingerprint density at radius 1 is 0.826 bits per heavy atom. The van der Waals surface area contributed by atoms with Crippen LogP contribution in [0, 0.1) is 0 Å². The van der Waals surface area contributed by atoms with Gasteiger partial charge in [0.05, 0.1) is 31.9 Å². The third kappa shape index (κ3) is 8.70. The predicted molar refractivity (Wildman–Crippen MR) is 181 cm³/mol. The molecule has 0 heterocycles. The van der Waals surface area contributed by atoms with E-state index in [1.807, 2.05) is 13.8 Å². The maximum Gasteiger partial charge on any atom is 0.265 e. The highest BCUT2D eigenvalue weighted by atomic mass is 35.5. The van der Waals surface area contributed by atoms with Gasteiger partial charge in [0.1, 0.15) is 18.3 Å². The molecule has 0 aliphatic heterocycles. The Hall–Kier alpha value is -3.38. The summed E-state index contributed by atoms with van der Waals surface area (Å²) in [5.74, 6) is -0.434. The van der Waals surface area contributed by atoms with Gasteiger partial charge in [-0.15, -0.1) is 0 Å². The number of ether oxygens (including phenoxy) is 3. The first-order valence-corrected chi connectivity index (χ1v) is 17.0. The molecule has 46 heavy (non-hydrogen) atoms. The van der Waals surface area contributed by atoms with E-state index in [0.29, 0.717) is 22.8 Å². The first-order valence-electron chi connectivity index (χ1n) is 14.4.